The summed E-state index contributed by atoms with van der Waals surface area (Å²) >= 11 is 0. The van der Waals surface area contributed by atoms with Crippen LogP contribution in [0.25, 0.3) is 0 Å². The summed E-state index contributed by atoms with van der Waals surface area (Å²) in [6.45, 7) is 14.0. The zero-order valence-corrected chi connectivity index (χ0v) is 23.2. The molecule has 2 aliphatic rings. The fraction of sp³-hybridized carbons (Fsp3) is 0.720. The van der Waals surface area contributed by atoms with Crippen LogP contribution in [0.5, 0.6) is 0 Å². The number of carbonyl (C=O) groups is 3. The van der Waals surface area contributed by atoms with Gasteiger partial charge in [0.15, 0.2) is 32.9 Å². The van der Waals surface area contributed by atoms with Crippen molar-refractivity contribution in [3.05, 3.63) is 24.8 Å². The maximum Gasteiger partial charge on any atom is 0.509 e. The molecule has 0 amide bonds. The molecule has 0 radical (unpaired) electrons. The second kappa shape index (κ2) is 13.4. The molecule has 2 heterocycles. The Balaban J connectivity index is 2.41. The van der Waals surface area contributed by atoms with Crippen molar-refractivity contribution in [3.8, 4) is 0 Å². The van der Waals surface area contributed by atoms with Gasteiger partial charge in [0.2, 0.25) is 0 Å². The number of esters is 2. The largest absolute Gasteiger partial charge is 0.509 e. The zero-order chi connectivity index (χ0) is 26.9. The third kappa shape index (κ3) is 8.43. The molecule has 1 fully saturated rings. The van der Waals surface area contributed by atoms with Crippen molar-refractivity contribution in [2.24, 2.45) is 0 Å². The van der Waals surface area contributed by atoms with E-state index in [0.717, 1.165) is 0 Å². The van der Waals surface area contributed by atoms with Gasteiger partial charge in [-0.25, -0.2) is 4.79 Å². The van der Waals surface area contributed by atoms with E-state index in [4.69, 9.17) is 32.8 Å². The summed E-state index contributed by atoms with van der Waals surface area (Å²) in [4.78, 5) is 37.7. The predicted octanol–water partition coefficient (Wildman–Crippen LogP) is 4.04. The zero-order valence-electron chi connectivity index (χ0n) is 22.2. The first-order chi connectivity index (χ1) is 16.9. The van der Waals surface area contributed by atoms with Crippen LogP contribution in [0.4, 0.5) is 4.79 Å². The molecule has 0 spiro atoms. The Labute approximate surface area is 214 Å². The molecule has 204 valence electrons. The molecule has 2 aliphatic heterocycles. The Morgan fingerprint density at radius 3 is 2.22 bits per heavy atom. The SMILES string of the molecule is C=CCOC(=O)O[C@H]1[C@@H](OC)O[C@H](CO[Si](C)(C)C(C)(C)C)[C@H]2OC(=O)CCC=CCCC(=O)O[C@H]12. The molecule has 0 aromatic rings. The lowest BCUT2D eigenvalue weighted by molar-refractivity contribution is -0.300. The number of allylic oxidation sites excluding steroid dienone is 2. The second-order valence-corrected chi connectivity index (χ2v) is 15.0. The van der Waals surface area contributed by atoms with Gasteiger partial charge in [0.25, 0.3) is 0 Å². The number of methoxy groups -OCH3 is 1. The third-order valence-corrected chi connectivity index (χ3v) is 11.0. The second-order valence-electron chi connectivity index (χ2n) is 10.2. The number of rotatable bonds is 7. The highest BCUT2D eigenvalue weighted by molar-refractivity contribution is 6.74. The molecule has 11 heteroatoms. The maximum absolute atomic E-state index is 12.7. The van der Waals surface area contributed by atoms with Gasteiger partial charge in [-0.2, -0.15) is 0 Å². The summed E-state index contributed by atoms with van der Waals surface area (Å²) in [7, 11) is -0.843. The molecular weight excluding hydrogens is 488 g/mol. The Kier molecular flexibility index (Phi) is 11.1. The van der Waals surface area contributed by atoms with Crippen molar-refractivity contribution < 1.29 is 47.2 Å². The molecule has 0 aliphatic carbocycles. The van der Waals surface area contributed by atoms with Crippen LogP contribution in [-0.2, 0) is 42.4 Å². The molecule has 1 saturated heterocycles. The first kappa shape index (κ1) is 30.0. The molecule has 5 atom stereocenters. The van der Waals surface area contributed by atoms with E-state index >= 15 is 0 Å². The molecule has 0 unspecified atom stereocenters. The van der Waals surface area contributed by atoms with Gasteiger partial charge in [0.05, 0.1) is 6.61 Å². The lowest BCUT2D eigenvalue weighted by Gasteiger charge is -2.45. The van der Waals surface area contributed by atoms with Gasteiger partial charge in [0.1, 0.15) is 12.7 Å². The van der Waals surface area contributed by atoms with Gasteiger partial charge in [0, 0.05) is 20.0 Å². The summed E-state index contributed by atoms with van der Waals surface area (Å²) in [6.07, 6.45) is -0.393. The van der Waals surface area contributed by atoms with E-state index in [1.165, 1.54) is 13.2 Å². The van der Waals surface area contributed by atoms with Crippen LogP contribution >= 0.6 is 0 Å². The summed E-state index contributed by atoms with van der Waals surface area (Å²) in [6, 6.07) is 0. The van der Waals surface area contributed by atoms with E-state index in [1.54, 1.807) is 0 Å². The monoisotopic (exact) mass is 528 g/mol. The summed E-state index contributed by atoms with van der Waals surface area (Å²) in [5, 5.41) is -0.0791. The average molecular weight is 529 g/mol. The van der Waals surface area contributed by atoms with Crippen LogP contribution in [0.1, 0.15) is 46.5 Å². The third-order valence-electron chi connectivity index (χ3n) is 6.52. The Morgan fingerprint density at radius 2 is 1.69 bits per heavy atom. The number of carbonyl (C=O) groups excluding carboxylic acids is 3. The van der Waals surface area contributed by atoms with Crippen LogP contribution in [-0.4, -0.2) is 77.4 Å². The highest BCUT2D eigenvalue weighted by Crippen LogP contribution is 2.38. The van der Waals surface area contributed by atoms with Crippen molar-refractivity contribution in [2.45, 2.75) is 95.3 Å². The number of hydrogen-bond acceptors (Lipinski definition) is 10. The van der Waals surface area contributed by atoms with E-state index in [9.17, 15) is 14.4 Å². The van der Waals surface area contributed by atoms with Crippen molar-refractivity contribution in [3.63, 3.8) is 0 Å². The van der Waals surface area contributed by atoms with Crippen LogP contribution < -0.4 is 0 Å². The van der Waals surface area contributed by atoms with Gasteiger partial charge >= 0.3 is 18.1 Å². The minimum atomic E-state index is -2.21. The molecule has 0 bridgehead atoms. The van der Waals surface area contributed by atoms with E-state index in [0.29, 0.717) is 12.8 Å². The van der Waals surface area contributed by atoms with Crippen LogP contribution in [0.15, 0.2) is 24.8 Å². The molecule has 0 aromatic carbocycles. The van der Waals surface area contributed by atoms with Gasteiger partial charge in [-0.15, -0.1) is 0 Å². The number of ether oxygens (including phenoxy) is 6. The van der Waals surface area contributed by atoms with Gasteiger partial charge < -0.3 is 32.8 Å². The minimum Gasteiger partial charge on any atom is -0.455 e. The van der Waals surface area contributed by atoms with Crippen molar-refractivity contribution in [1.82, 2.24) is 0 Å². The highest BCUT2D eigenvalue weighted by atomic mass is 28.4. The molecule has 0 saturated carbocycles. The summed E-state index contributed by atoms with van der Waals surface area (Å²) < 4.78 is 39.8. The average Bonchev–Trinajstić information content (AvgIpc) is 2.79. The van der Waals surface area contributed by atoms with Crippen LogP contribution in [0.2, 0.25) is 18.1 Å². The summed E-state index contributed by atoms with van der Waals surface area (Å²) in [5.74, 6) is -1.05. The molecule has 0 N–H and O–H groups in total. The van der Waals surface area contributed by atoms with E-state index in [-0.39, 0.29) is 31.1 Å². The van der Waals surface area contributed by atoms with Crippen molar-refractivity contribution in [1.29, 1.82) is 0 Å². The fourth-order valence-corrected chi connectivity index (χ4v) is 4.46. The molecule has 36 heavy (non-hydrogen) atoms. The smallest absolute Gasteiger partial charge is 0.455 e. The van der Waals surface area contributed by atoms with Crippen LogP contribution in [0, 0.1) is 0 Å². The molecule has 2 rings (SSSR count). The quantitative estimate of drug-likeness (QED) is 0.207. The number of fused-ring (bicyclic) bond motifs is 1. The molecule has 0 aromatic heterocycles. The fourth-order valence-electron chi connectivity index (χ4n) is 3.44. The molecular formula is C25H40O10Si. The lowest BCUT2D eigenvalue weighted by atomic mass is 9.98. The van der Waals surface area contributed by atoms with E-state index in [2.05, 4.69) is 40.4 Å². The lowest BCUT2D eigenvalue weighted by Crippen LogP contribution is -2.63. The maximum atomic E-state index is 12.7. The van der Waals surface area contributed by atoms with E-state index in [1.807, 2.05) is 12.2 Å². The normalized spacial score (nSPS) is 28.0. The number of hydrogen-bond donors (Lipinski definition) is 0. The first-order valence-electron chi connectivity index (χ1n) is 12.2. The highest BCUT2D eigenvalue weighted by Gasteiger charge is 2.53. The Morgan fingerprint density at radius 1 is 1.11 bits per heavy atom. The topological polar surface area (TPSA) is 116 Å². The standard InChI is InChI=1S/C25H40O10Si/c1-8-15-30-24(28)35-22-21-20(33-18(26)13-11-9-10-12-14-19(27)34-21)17(32-23(22)29-5)16-31-36(6,7)25(2,3)4/h8-10,17,20-23H,1,11-16H2,2-7H3/t17-,20-,21+,22-,23+/m1/s1. The van der Waals surface area contributed by atoms with Gasteiger partial charge in [-0.05, 0) is 31.0 Å². The van der Waals surface area contributed by atoms with Gasteiger partial charge in [-0.1, -0.05) is 45.6 Å². The summed E-state index contributed by atoms with van der Waals surface area (Å²) in [5.41, 5.74) is 0. The van der Waals surface area contributed by atoms with Crippen molar-refractivity contribution >= 4 is 26.4 Å². The van der Waals surface area contributed by atoms with Crippen LogP contribution in [0.3, 0.4) is 0 Å². The minimum absolute atomic E-state index is 0.0654. The Hall–Kier alpha value is -2.21. The predicted molar refractivity (Wildman–Crippen MR) is 133 cm³/mol. The van der Waals surface area contributed by atoms with Gasteiger partial charge in [-0.3, -0.25) is 9.59 Å². The Bertz CT molecular complexity index is 803. The first-order valence-corrected chi connectivity index (χ1v) is 15.1. The van der Waals surface area contributed by atoms with Crippen molar-refractivity contribution in [2.75, 3.05) is 20.3 Å². The van der Waals surface area contributed by atoms with E-state index < -0.39 is 57.1 Å². The molecule has 10 nitrogen and oxygen atoms in total.